The molecule has 1 N–H and O–H groups in total. The van der Waals surface area contributed by atoms with E-state index in [1.54, 1.807) is 14.2 Å². The molecule has 1 aromatic carbocycles. The normalized spacial score (nSPS) is 18.1. The Bertz CT molecular complexity index is 581. The lowest BCUT2D eigenvalue weighted by molar-refractivity contribution is -0.181. The minimum atomic E-state index is -4.18. The van der Waals surface area contributed by atoms with Crippen molar-refractivity contribution < 1.29 is 17.9 Å². The van der Waals surface area contributed by atoms with E-state index in [1.807, 2.05) is 29.2 Å². The van der Waals surface area contributed by atoms with E-state index in [2.05, 4.69) is 10.3 Å². The van der Waals surface area contributed by atoms with Gasteiger partial charge in [0.2, 0.25) is 0 Å². The van der Waals surface area contributed by atoms with Crippen LogP contribution in [0.5, 0.6) is 0 Å². The van der Waals surface area contributed by atoms with Crippen molar-refractivity contribution in [2.75, 3.05) is 40.3 Å². The van der Waals surface area contributed by atoms with Crippen LogP contribution in [0.4, 0.5) is 13.2 Å². The van der Waals surface area contributed by atoms with Gasteiger partial charge in [0.15, 0.2) is 5.96 Å². The Hall–Kier alpha value is -1.80. The van der Waals surface area contributed by atoms with Crippen LogP contribution in [-0.4, -0.2) is 68.3 Å². The number of benzene rings is 1. The molecule has 1 heterocycles. The second-order valence-corrected chi connectivity index (χ2v) is 6.39. The number of nitrogens with zero attached hydrogens (tertiary/aromatic N) is 3. The molecule has 1 aromatic rings. The summed E-state index contributed by atoms with van der Waals surface area (Å²) < 4.78 is 43.6. The molecule has 146 valence electrons. The Kier molecular flexibility index (Phi) is 7.28. The summed E-state index contributed by atoms with van der Waals surface area (Å²) in [6.07, 6.45) is -4.18. The van der Waals surface area contributed by atoms with Crippen LogP contribution < -0.4 is 5.32 Å². The molecule has 0 bridgehead atoms. The van der Waals surface area contributed by atoms with Crippen molar-refractivity contribution in [3.63, 3.8) is 0 Å². The van der Waals surface area contributed by atoms with Crippen LogP contribution in [0.15, 0.2) is 29.3 Å². The van der Waals surface area contributed by atoms with Gasteiger partial charge < -0.3 is 15.0 Å². The van der Waals surface area contributed by atoms with E-state index in [4.69, 9.17) is 4.74 Å². The average Bonchev–Trinajstić information content (AvgIpc) is 2.63. The number of guanidine groups is 1. The highest BCUT2D eigenvalue weighted by Crippen LogP contribution is 2.25. The van der Waals surface area contributed by atoms with Crippen molar-refractivity contribution >= 4 is 5.96 Å². The number of aliphatic imine (C=N–C) groups is 1. The van der Waals surface area contributed by atoms with E-state index in [0.717, 1.165) is 11.1 Å². The largest absolute Gasteiger partial charge is 0.403 e. The number of piperazine rings is 1. The first kappa shape index (κ1) is 20.5. The fraction of sp³-hybridized carbons (Fsp3) is 0.611. The van der Waals surface area contributed by atoms with Gasteiger partial charge in [0.1, 0.15) is 6.04 Å². The average molecular weight is 372 g/mol. The summed E-state index contributed by atoms with van der Waals surface area (Å²) in [5, 5.41) is 3.29. The number of hydrogen-bond donors (Lipinski definition) is 1. The summed E-state index contributed by atoms with van der Waals surface area (Å²) in [4.78, 5) is 7.73. The number of halogens is 3. The highest BCUT2D eigenvalue weighted by Gasteiger charge is 2.41. The van der Waals surface area contributed by atoms with Crippen molar-refractivity contribution in [2.45, 2.75) is 32.3 Å². The molecule has 0 aliphatic carbocycles. The zero-order valence-corrected chi connectivity index (χ0v) is 15.5. The van der Waals surface area contributed by atoms with E-state index in [1.165, 1.54) is 11.8 Å². The number of hydrogen-bond acceptors (Lipinski definition) is 3. The Morgan fingerprint density at radius 3 is 2.23 bits per heavy atom. The predicted molar refractivity (Wildman–Crippen MR) is 96.0 cm³/mol. The number of methoxy groups -OCH3 is 1. The van der Waals surface area contributed by atoms with Gasteiger partial charge in [-0.2, -0.15) is 13.2 Å². The Balaban J connectivity index is 1.84. The SMILES string of the molecule is CN=C(NCc1ccc(COC)cc1)N1CCN(C(C)C(F)(F)F)CC1. The molecule has 1 saturated heterocycles. The number of nitrogens with one attached hydrogen (secondary N) is 1. The second kappa shape index (κ2) is 9.23. The Morgan fingerprint density at radius 1 is 1.15 bits per heavy atom. The van der Waals surface area contributed by atoms with Crippen LogP contribution in [0.1, 0.15) is 18.1 Å². The van der Waals surface area contributed by atoms with Crippen LogP contribution in [0, 0.1) is 0 Å². The summed E-state index contributed by atoms with van der Waals surface area (Å²) in [6, 6.07) is 6.67. The van der Waals surface area contributed by atoms with E-state index in [0.29, 0.717) is 45.3 Å². The molecule has 5 nitrogen and oxygen atoms in total. The zero-order valence-electron chi connectivity index (χ0n) is 15.5. The van der Waals surface area contributed by atoms with Crippen molar-refractivity contribution in [1.29, 1.82) is 0 Å². The monoisotopic (exact) mass is 372 g/mol. The van der Waals surface area contributed by atoms with Gasteiger partial charge in [-0.05, 0) is 18.1 Å². The van der Waals surface area contributed by atoms with Gasteiger partial charge in [-0.25, -0.2) is 0 Å². The van der Waals surface area contributed by atoms with Gasteiger partial charge in [-0.1, -0.05) is 24.3 Å². The molecule has 0 saturated carbocycles. The van der Waals surface area contributed by atoms with Crippen LogP contribution >= 0.6 is 0 Å². The highest BCUT2D eigenvalue weighted by molar-refractivity contribution is 5.80. The molecule has 0 amide bonds. The lowest BCUT2D eigenvalue weighted by Crippen LogP contribution is -2.56. The maximum Gasteiger partial charge on any atom is 0.403 e. The van der Waals surface area contributed by atoms with Crippen LogP contribution in [0.2, 0.25) is 0 Å². The molecule has 2 rings (SSSR count). The molecule has 1 unspecified atom stereocenters. The van der Waals surface area contributed by atoms with Crippen LogP contribution in [0.3, 0.4) is 0 Å². The summed E-state index contributed by atoms with van der Waals surface area (Å²) in [6.45, 7) is 4.19. The van der Waals surface area contributed by atoms with Gasteiger partial charge >= 0.3 is 6.18 Å². The molecule has 0 aromatic heterocycles. The first-order valence-electron chi connectivity index (χ1n) is 8.68. The minimum absolute atomic E-state index is 0.368. The van der Waals surface area contributed by atoms with Crippen molar-refractivity contribution in [3.8, 4) is 0 Å². The maximum absolute atomic E-state index is 12.8. The summed E-state index contributed by atoms with van der Waals surface area (Å²) >= 11 is 0. The molecule has 8 heteroatoms. The second-order valence-electron chi connectivity index (χ2n) is 6.39. The van der Waals surface area contributed by atoms with E-state index < -0.39 is 12.2 Å². The zero-order chi connectivity index (χ0) is 19.2. The fourth-order valence-corrected chi connectivity index (χ4v) is 2.96. The molecule has 1 aliphatic heterocycles. The number of rotatable bonds is 5. The highest BCUT2D eigenvalue weighted by atomic mass is 19.4. The van der Waals surface area contributed by atoms with E-state index in [9.17, 15) is 13.2 Å². The first-order chi connectivity index (χ1) is 12.3. The van der Waals surface area contributed by atoms with Gasteiger partial charge in [0.25, 0.3) is 0 Å². The van der Waals surface area contributed by atoms with E-state index in [-0.39, 0.29) is 0 Å². The smallest absolute Gasteiger partial charge is 0.380 e. The number of ether oxygens (including phenoxy) is 1. The lowest BCUT2D eigenvalue weighted by atomic mass is 10.1. The third-order valence-corrected chi connectivity index (χ3v) is 4.63. The van der Waals surface area contributed by atoms with Crippen molar-refractivity contribution in [2.24, 2.45) is 4.99 Å². The Labute approximate surface area is 152 Å². The van der Waals surface area contributed by atoms with Gasteiger partial charge in [-0.3, -0.25) is 9.89 Å². The topological polar surface area (TPSA) is 40.1 Å². The standard InChI is InChI=1S/C18H27F3N4O/c1-14(18(19,20)21)24-8-10-25(11-9-24)17(22-2)23-12-15-4-6-16(7-5-15)13-26-3/h4-7,14H,8-13H2,1-3H3,(H,22,23). The molecule has 1 aliphatic rings. The molecule has 0 radical (unpaired) electrons. The fourth-order valence-electron chi connectivity index (χ4n) is 2.96. The summed E-state index contributed by atoms with van der Waals surface area (Å²) in [5.41, 5.74) is 2.21. The first-order valence-corrected chi connectivity index (χ1v) is 8.68. The summed E-state index contributed by atoms with van der Waals surface area (Å²) in [7, 11) is 3.35. The van der Waals surface area contributed by atoms with Crippen molar-refractivity contribution in [3.05, 3.63) is 35.4 Å². The third kappa shape index (κ3) is 5.60. The predicted octanol–water partition coefficient (Wildman–Crippen LogP) is 2.48. The van der Waals surface area contributed by atoms with Crippen LogP contribution in [0.25, 0.3) is 0 Å². The third-order valence-electron chi connectivity index (χ3n) is 4.63. The maximum atomic E-state index is 12.8. The molecular weight excluding hydrogens is 345 g/mol. The lowest BCUT2D eigenvalue weighted by Gasteiger charge is -2.39. The number of alkyl halides is 3. The quantitative estimate of drug-likeness (QED) is 0.637. The molecule has 1 atom stereocenters. The van der Waals surface area contributed by atoms with E-state index >= 15 is 0 Å². The van der Waals surface area contributed by atoms with Gasteiger partial charge in [0, 0.05) is 46.9 Å². The minimum Gasteiger partial charge on any atom is -0.380 e. The van der Waals surface area contributed by atoms with Crippen molar-refractivity contribution in [1.82, 2.24) is 15.1 Å². The van der Waals surface area contributed by atoms with Gasteiger partial charge in [0.05, 0.1) is 6.61 Å². The molecular formula is C18H27F3N4O. The van der Waals surface area contributed by atoms with Crippen LogP contribution in [-0.2, 0) is 17.9 Å². The van der Waals surface area contributed by atoms with Gasteiger partial charge in [-0.15, -0.1) is 0 Å². The molecule has 26 heavy (non-hydrogen) atoms. The summed E-state index contributed by atoms with van der Waals surface area (Å²) in [5.74, 6) is 0.713. The molecule has 1 fully saturated rings. The Morgan fingerprint density at radius 2 is 1.73 bits per heavy atom. The molecule has 0 spiro atoms.